The van der Waals surface area contributed by atoms with Crippen LogP contribution in [0.15, 0.2) is 66.7 Å². The minimum absolute atomic E-state index is 0.328. The van der Waals surface area contributed by atoms with E-state index < -0.39 is 5.97 Å². The van der Waals surface area contributed by atoms with Crippen LogP contribution in [0.25, 0.3) is 11.1 Å². The molecule has 0 heterocycles. The highest BCUT2D eigenvalue weighted by Gasteiger charge is 2.12. The quantitative estimate of drug-likeness (QED) is 0.457. The predicted molar refractivity (Wildman–Crippen MR) is 127 cm³/mol. The first-order chi connectivity index (χ1) is 14.8. The summed E-state index contributed by atoms with van der Waals surface area (Å²) in [7, 11) is 0. The third-order valence-electron chi connectivity index (χ3n) is 5.15. The molecular formula is C27H31NO3. The Balaban J connectivity index is 1.84. The van der Waals surface area contributed by atoms with Crippen molar-refractivity contribution in [3.8, 4) is 16.9 Å². The second-order valence-corrected chi connectivity index (χ2v) is 8.47. The lowest BCUT2D eigenvalue weighted by atomic mass is 10.0. The molecule has 0 aliphatic rings. The first-order valence-electron chi connectivity index (χ1n) is 10.7. The molecule has 0 fully saturated rings. The summed E-state index contributed by atoms with van der Waals surface area (Å²) in [6.45, 7) is 9.89. The van der Waals surface area contributed by atoms with Gasteiger partial charge in [-0.15, -0.1) is 0 Å². The van der Waals surface area contributed by atoms with Gasteiger partial charge in [-0.25, -0.2) is 4.79 Å². The maximum absolute atomic E-state index is 10.8. The van der Waals surface area contributed by atoms with Crippen LogP contribution in [-0.4, -0.2) is 24.2 Å². The van der Waals surface area contributed by atoms with Gasteiger partial charge >= 0.3 is 5.97 Å². The Labute approximate surface area is 185 Å². The summed E-state index contributed by atoms with van der Waals surface area (Å²) in [5.74, 6) is 0.158. The Morgan fingerprint density at radius 3 is 2.35 bits per heavy atom. The molecule has 0 radical (unpaired) electrons. The van der Waals surface area contributed by atoms with Gasteiger partial charge in [-0.3, -0.25) is 0 Å². The number of carboxylic acids is 1. The fourth-order valence-corrected chi connectivity index (χ4v) is 3.66. The average Bonchev–Trinajstić information content (AvgIpc) is 2.73. The monoisotopic (exact) mass is 417 g/mol. The SMILES string of the molecule is Cc1ccc(-c2cccc(N(Cc3ccc(OCC(=O)O)c(C)c3)CC(C)C)c2)cc1. The summed E-state index contributed by atoms with van der Waals surface area (Å²) in [5.41, 5.74) is 6.98. The van der Waals surface area contributed by atoms with E-state index >= 15 is 0 Å². The van der Waals surface area contributed by atoms with E-state index in [-0.39, 0.29) is 6.61 Å². The summed E-state index contributed by atoms with van der Waals surface area (Å²) in [6.07, 6.45) is 0. The number of rotatable bonds is 9. The van der Waals surface area contributed by atoms with Crippen molar-refractivity contribution in [1.29, 1.82) is 0 Å². The zero-order valence-corrected chi connectivity index (χ0v) is 18.8. The van der Waals surface area contributed by atoms with Crippen molar-refractivity contribution in [3.63, 3.8) is 0 Å². The van der Waals surface area contributed by atoms with E-state index in [0.717, 1.165) is 18.7 Å². The van der Waals surface area contributed by atoms with Crippen LogP contribution in [0.1, 0.15) is 30.5 Å². The molecule has 0 amide bonds. The topological polar surface area (TPSA) is 49.8 Å². The molecule has 0 aliphatic heterocycles. The van der Waals surface area contributed by atoms with Crippen LogP contribution in [0, 0.1) is 19.8 Å². The zero-order valence-electron chi connectivity index (χ0n) is 18.8. The van der Waals surface area contributed by atoms with Gasteiger partial charge in [0.2, 0.25) is 0 Å². The predicted octanol–water partition coefficient (Wildman–Crippen LogP) is 6.10. The van der Waals surface area contributed by atoms with Crippen molar-refractivity contribution in [2.75, 3.05) is 18.1 Å². The number of carboxylic acid groups (broad SMARTS) is 1. The minimum atomic E-state index is -0.972. The molecule has 4 nitrogen and oxygen atoms in total. The Hall–Kier alpha value is -3.27. The third kappa shape index (κ3) is 6.35. The summed E-state index contributed by atoms with van der Waals surface area (Å²) < 4.78 is 5.37. The number of benzene rings is 3. The van der Waals surface area contributed by atoms with E-state index in [9.17, 15) is 4.79 Å². The number of aryl methyl sites for hydroxylation is 2. The molecule has 31 heavy (non-hydrogen) atoms. The van der Waals surface area contributed by atoms with Crippen molar-refractivity contribution in [2.45, 2.75) is 34.2 Å². The van der Waals surface area contributed by atoms with Crippen molar-refractivity contribution in [2.24, 2.45) is 5.92 Å². The number of hydrogen-bond donors (Lipinski definition) is 1. The molecule has 3 aromatic carbocycles. The van der Waals surface area contributed by atoms with Crippen LogP contribution in [0.5, 0.6) is 5.75 Å². The molecule has 0 bridgehead atoms. The lowest BCUT2D eigenvalue weighted by Crippen LogP contribution is -2.27. The van der Waals surface area contributed by atoms with Crippen LogP contribution in [-0.2, 0) is 11.3 Å². The van der Waals surface area contributed by atoms with Crippen LogP contribution in [0.3, 0.4) is 0 Å². The second kappa shape index (κ2) is 10.2. The first kappa shape index (κ1) is 22.4. The molecule has 3 rings (SSSR count). The van der Waals surface area contributed by atoms with Crippen LogP contribution in [0.4, 0.5) is 5.69 Å². The molecule has 4 heteroatoms. The zero-order chi connectivity index (χ0) is 22.4. The summed E-state index contributed by atoms with van der Waals surface area (Å²) in [6, 6.07) is 23.3. The molecule has 0 saturated carbocycles. The van der Waals surface area contributed by atoms with Crippen molar-refractivity contribution in [1.82, 2.24) is 0 Å². The van der Waals surface area contributed by atoms with Gasteiger partial charge in [0.15, 0.2) is 6.61 Å². The van der Waals surface area contributed by atoms with Gasteiger partial charge in [0.1, 0.15) is 5.75 Å². The van der Waals surface area contributed by atoms with Gasteiger partial charge in [-0.2, -0.15) is 0 Å². The summed E-state index contributed by atoms with van der Waals surface area (Å²) in [4.78, 5) is 13.2. The maximum atomic E-state index is 10.8. The molecule has 0 saturated heterocycles. The third-order valence-corrected chi connectivity index (χ3v) is 5.15. The standard InChI is InChI=1S/C27H31NO3/c1-19(2)16-28(17-22-10-13-26(21(4)14-22)31-18-27(29)30)25-7-5-6-24(15-25)23-11-8-20(3)9-12-23/h5-15,19H,16-18H2,1-4H3,(H,29,30). The van der Waals surface area contributed by atoms with E-state index in [0.29, 0.717) is 11.7 Å². The average molecular weight is 418 g/mol. The lowest BCUT2D eigenvalue weighted by Gasteiger charge is -2.28. The number of carbonyl (C=O) groups is 1. The van der Waals surface area contributed by atoms with Gasteiger partial charge in [0, 0.05) is 18.8 Å². The Bertz CT molecular complexity index is 1020. The Morgan fingerprint density at radius 2 is 1.71 bits per heavy atom. The number of aliphatic carboxylic acids is 1. The number of ether oxygens (including phenoxy) is 1. The fraction of sp³-hybridized carbons (Fsp3) is 0.296. The van der Waals surface area contributed by atoms with E-state index in [1.54, 1.807) is 0 Å². The molecule has 0 spiro atoms. The van der Waals surface area contributed by atoms with E-state index in [1.165, 1.54) is 27.9 Å². The van der Waals surface area contributed by atoms with E-state index in [4.69, 9.17) is 9.84 Å². The molecule has 0 aliphatic carbocycles. The lowest BCUT2D eigenvalue weighted by molar-refractivity contribution is -0.139. The molecule has 1 N–H and O–H groups in total. The molecule has 0 aromatic heterocycles. The van der Waals surface area contributed by atoms with Gasteiger partial charge in [-0.1, -0.05) is 67.9 Å². The molecular weight excluding hydrogens is 386 g/mol. The maximum Gasteiger partial charge on any atom is 0.341 e. The largest absolute Gasteiger partial charge is 0.482 e. The van der Waals surface area contributed by atoms with Gasteiger partial charge in [0.25, 0.3) is 0 Å². The van der Waals surface area contributed by atoms with E-state index in [1.807, 2.05) is 19.1 Å². The number of anilines is 1. The highest BCUT2D eigenvalue weighted by molar-refractivity contribution is 5.69. The minimum Gasteiger partial charge on any atom is -0.482 e. The van der Waals surface area contributed by atoms with Crippen LogP contribution < -0.4 is 9.64 Å². The Kier molecular flexibility index (Phi) is 7.35. The second-order valence-electron chi connectivity index (χ2n) is 8.47. The Morgan fingerprint density at radius 1 is 0.968 bits per heavy atom. The summed E-state index contributed by atoms with van der Waals surface area (Å²) in [5, 5.41) is 8.84. The van der Waals surface area contributed by atoms with Crippen LogP contribution >= 0.6 is 0 Å². The van der Waals surface area contributed by atoms with Crippen molar-refractivity contribution >= 4 is 11.7 Å². The molecule has 0 atom stereocenters. The highest BCUT2D eigenvalue weighted by atomic mass is 16.5. The first-order valence-corrected chi connectivity index (χ1v) is 10.7. The normalized spacial score (nSPS) is 10.9. The molecule has 162 valence electrons. The van der Waals surface area contributed by atoms with E-state index in [2.05, 4.69) is 80.3 Å². The van der Waals surface area contributed by atoms with Gasteiger partial charge in [-0.05, 0) is 60.2 Å². The van der Waals surface area contributed by atoms with Crippen molar-refractivity contribution in [3.05, 3.63) is 83.4 Å². The highest BCUT2D eigenvalue weighted by Crippen LogP contribution is 2.28. The fourth-order valence-electron chi connectivity index (χ4n) is 3.66. The smallest absolute Gasteiger partial charge is 0.341 e. The van der Waals surface area contributed by atoms with Crippen molar-refractivity contribution < 1.29 is 14.6 Å². The number of hydrogen-bond acceptors (Lipinski definition) is 3. The van der Waals surface area contributed by atoms with Crippen LogP contribution in [0.2, 0.25) is 0 Å². The molecule has 3 aromatic rings. The molecule has 0 unspecified atom stereocenters. The van der Waals surface area contributed by atoms with Gasteiger partial charge in [0.05, 0.1) is 0 Å². The van der Waals surface area contributed by atoms with Gasteiger partial charge < -0.3 is 14.7 Å². The number of nitrogens with zero attached hydrogens (tertiary/aromatic N) is 1. The summed E-state index contributed by atoms with van der Waals surface area (Å²) >= 11 is 0.